The summed E-state index contributed by atoms with van der Waals surface area (Å²) < 4.78 is 1.60. The van der Waals surface area contributed by atoms with E-state index in [4.69, 9.17) is 0 Å². The van der Waals surface area contributed by atoms with Crippen LogP contribution in [0.25, 0.3) is 5.69 Å². The van der Waals surface area contributed by atoms with Gasteiger partial charge < -0.3 is 5.01 Å². The fourth-order valence-corrected chi connectivity index (χ4v) is 2.25. The van der Waals surface area contributed by atoms with Gasteiger partial charge in [-0.1, -0.05) is 18.2 Å². The summed E-state index contributed by atoms with van der Waals surface area (Å²) in [5.41, 5.74) is 0.755. The fourth-order valence-electron chi connectivity index (χ4n) is 1.43. The fraction of sp³-hybridized carbons (Fsp3) is 0.167. The third-order valence-corrected chi connectivity index (χ3v) is 2.84. The number of rotatable bonds is 2. The molecule has 0 saturated heterocycles. The number of nitrogens with zero attached hydrogens (tertiary/aromatic N) is 3. The van der Waals surface area contributed by atoms with Gasteiger partial charge in [0.05, 0.1) is 5.69 Å². The van der Waals surface area contributed by atoms with Crippen molar-refractivity contribution in [2.75, 3.05) is 14.1 Å². The van der Waals surface area contributed by atoms with Gasteiger partial charge in [0.15, 0.2) is 0 Å². The quantitative estimate of drug-likeness (QED) is 0.750. The average molecular weight is 247 g/mol. The van der Waals surface area contributed by atoms with Gasteiger partial charge in [0.25, 0.3) is 5.56 Å². The summed E-state index contributed by atoms with van der Waals surface area (Å²) in [6.07, 6.45) is 0. The smallest absolute Gasteiger partial charge is 0.258 e. The zero-order valence-corrected chi connectivity index (χ0v) is 10.5. The van der Waals surface area contributed by atoms with Crippen LogP contribution in [0.2, 0.25) is 0 Å². The lowest BCUT2D eigenvalue weighted by Crippen LogP contribution is -2.30. The maximum atomic E-state index is 11.9. The normalized spacial score (nSPS) is 11.5. The molecule has 88 valence electrons. The standard InChI is InChI=1S/C12H13N3OS/c1-14(2)13-12-15(11(16)8-9-17-12)10-6-4-3-5-7-10/h3-9H,1-2H3. The van der Waals surface area contributed by atoms with Gasteiger partial charge in [0, 0.05) is 20.2 Å². The van der Waals surface area contributed by atoms with Crippen molar-refractivity contribution < 1.29 is 0 Å². The zero-order chi connectivity index (χ0) is 12.3. The van der Waals surface area contributed by atoms with Crippen molar-refractivity contribution in [1.29, 1.82) is 0 Å². The van der Waals surface area contributed by atoms with Gasteiger partial charge in [-0.25, -0.2) is 0 Å². The Morgan fingerprint density at radius 1 is 1.18 bits per heavy atom. The van der Waals surface area contributed by atoms with Gasteiger partial charge in [-0.05, 0) is 17.5 Å². The molecule has 0 aliphatic heterocycles. The van der Waals surface area contributed by atoms with Crippen LogP contribution in [-0.4, -0.2) is 23.7 Å². The van der Waals surface area contributed by atoms with Gasteiger partial charge in [-0.2, -0.15) is 0 Å². The van der Waals surface area contributed by atoms with Crippen molar-refractivity contribution in [3.8, 4) is 5.69 Å². The van der Waals surface area contributed by atoms with Gasteiger partial charge in [0.1, 0.15) is 0 Å². The molecule has 0 bridgehead atoms. The minimum Gasteiger partial charge on any atom is -0.300 e. The minimum atomic E-state index is -0.0736. The summed E-state index contributed by atoms with van der Waals surface area (Å²) in [7, 11) is 3.67. The van der Waals surface area contributed by atoms with E-state index in [0.717, 1.165) is 5.69 Å². The first kappa shape index (κ1) is 11.6. The van der Waals surface area contributed by atoms with E-state index in [1.807, 2.05) is 44.4 Å². The van der Waals surface area contributed by atoms with Crippen LogP contribution in [0.15, 0.2) is 51.7 Å². The molecular formula is C12H13N3OS. The lowest BCUT2D eigenvalue weighted by molar-refractivity contribution is 0.417. The van der Waals surface area contributed by atoms with Crippen LogP contribution >= 0.6 is 11.3 Å². The molecule has 0 atom stereocenters. The van der Waals surface area contributed by atoms with Crippen molar-refractivity contribution in [1.82, 2.24) is 9.58 Å². The second-order valence-corrected chi connectivity index (χ2v) is 4.53. The highest BCUT2D eigenvalue weighted by Gasteiger charge is 2.01. The highest BCUT2D eigenvalue weighted by molar-refractivity contribution is 7.06. The topological polar surface area (TPSA) is 37.6 Å². The van der Waals surface area contributed by atoms with Gasteiger partial charge in [-0.15, -0.1) is 16.4 Å². The van der Waals surface area contributed by atoms with Crippen molar-refractivity contribution in [2.45, 2.75) is 0 Å². The zero-order valence-electron chi connectivity index (χ0n) is 9.70. The molecule has 0 radical (unpaired) electrons. The van der Waals surface area contributed by atoms with Gasteiger partial charge in [-0.3, -0.25) is 9.36 Å². The average Bonchev–Trinajstić information content (AvgIpc) is 2.29. The van der Waals surface area contributed by atoms with E-state index in [-0.39, 0.29) is 5.56 Å². The molecule has 0 saturated carbocycles. The first-order valence-electron chi connectivity index (χ1n) is 5.17. The molecule has 0 aliphatic rings. The molecule has 0 N–H and O–H groups in total. The molecule has 0 amide bonds. The number of hydrogen-bond acceptors (Lipinski definition) is 4. The third-order valence-electron chi connectivity index (χ3n) is 2.10. The van der Waals surface area contributed by atoms with Crippen molar-refractivity contribution in [2.24, 2.45) is 5.10 Å². The van der Waals surface area contributed by atoms with E-state index in [9.17, 15) is 4.79 Å². The van der Waals surface area contributed by atoms with Crippen molar-refractivity contribution >= 4 is 11.3 Å². The first-order chi connectivity index (χ1) is 8.18. The number of para-hydroxylation sites is 1. The van der Waals surface area contributed by atoms with Crippen LogP contribution in [0.4, 0.5) is 0 Å². The molecule has 2 rings (SSSR count). The molecule has 1 aromatic carbocycles. The minimum absolute atomic E-state index is 0.0736. The molecule has 0 unspecified atom stereocenters. The van der Waals surface area contributed by atoms with Crippen LogP contribution in [0, 0.1) is 0 Å². The first-order valence-corrected chi connectivity index (χ1v) is 6.05. The highest BCUT2D eigenvalue weighted by Crippen LogP contribution is 2.01. The molecule has 4 nitrogen and oxygen atoms in total. The summed E-state index contributed by atoms with van der Waals surface area (Å²) in [6, 6.07) is 11.1. The summed E-state index contributed by atoms with van der Waals surface area (Å²) in [4.78, 5) is 12.6. The van der Waals surface area contributed by atoms with Crippen LogP contribution in [0.3, 0.4) is 0 Å². The van der Waals surface area contributed by atoms with Gasteiger partial charge >= 0.3 is 0 Å². The Hall–Kier alpha value is -1.88. The second-order valence-electron chi connectivity index (χ2n) is 3.66. The number of hydrogen-bond donors (Lipinski definition) is 0. The SMILES string of the molecule is CN(C)N=c1sccc(=O)n1-c1ccccc1. The van der Waals surface area contributed by atoms with E-state index in [0.29, 0.717) is 4.80 Å². The van der Waals surface area contributed by atoms with E-state index in [1.165, 1.54) is 11.3 Å². The Kier molecular flexibility index (Phi) is 3.39. The van der Waals surface area contributed by atoms with E-state index in [1.54, 1.807) is 21.0 Å². The molecule has 5 heteroatoms. The predicted octanol–water partition coefficient (Wildman–Crippen LogP) is 1.28. The van der Waals surface area contributed by atoms with E-state index >= 15 is 0 Å². The lowest BCUT2D eigenvalue weighted by Gasteiger charge is -2.07. The highest BCUT2D eigenvalue weighted by atomic mass is 32.1. The Morgan fingerprint density at radius 3 is 2.53 bits per heavy atom. The van der Waals surface area contributed by atoms with E-state index < -0.39 is 0 Å². The predicted molar refractivity (Wildman–Crippen MR) is 69.2 cm³/mol. The molecule has 1 aromatic heterocycles. The molecule has 0 aliphatic carbocycles. The Bertz CT molecular complexity index is 613. The Labute approximate surface area is 103 Å². The Balaban J connectivity index is 2.73. The molecule has 2 aromatic rings. The van der Waals surface area contributed by atoms with Gasteiger partial charge in [0.2, 0.25) is 4.80 Å². The van der Waals surface area contributed by atoms with E-state index in [2.05, 4.69) is 5.10 Å². The maximum absolute atomic E-state index is 11.9. The molecule has 0 spiro atoms. The number of benzene rings is 1. The molecule has 17 heavy (non-hydrogen) atoms. The monoisotopic (exact) mass is 247 g/mol. The van der Waals surface area contributed by atoms with Crippen molar-refractivity contribution in [3.05, 3.63) is 56.9 Å². The Morgan fingerprint density at radius 2 is 1.88 bits per heavy atom. The molecule has 0 fully saturated rings. The summed E-state index contributed by atoms with van der Waals surface area (Å²) in [5, 5.41) is 7.75. The molecular weight excluding hydrogens is 234 g/mol. The number of aromatic nitrogens is 1. The van der Waals surface area contributed by atoms with Crippen LogP contribution in [0.5, 0.6) is 0 Å². The molecule has 1 heterocycles. The summed E-state index contributed by atoms with van der Waals surface area (Å²) >= 11 is 1.43. The van der Waals surface area contributed by atoms with Crippen LogP contribution in [-0.2, 0) is 0 Å². The van der Waals surface area contributed by atoms with Crippen molar-refractivity contribution in [3.63, 3.8) is 0 Å². The van der Waals surface area contributed by atoms with Crippen LogP contribution in [0.1, 0.15) is 0 Å². The van der Waals surface area contributed by atoms with Crippen LogP contribution < -0.4 is 10.4 Å². The second kappa shape index (κ2) is 4.97. The maximum Gasteiger partial charge on any atom is 0.258 e. The summed E-state index contributed by atoms with van der Waals surface area (Å²) in [5.74, 6) is 0. The largest absolute Gasteiger partial charge is 0.300 e. The third kappa shape index (κ3) is 2.62. The lowest BCUT2D eigenvalue weighted by atomic mass is 10.3. The summed E-state index contributed by atoms with van der Waals surface area (Å²) in [6.45, 7) is 0.